The number of hydrogen-bond acceptors (Lipinski definition) is 8. The Hall–Kier alpha value is -1.07. The van der Waals surface area contributed by atoms with Gasteiger partial charge in [0.05, 0.1) is 25.4 Å². The highest BCUT2D eigenvalue weighted by atomic mass is 16.7. The van der Waals surface area contributed by atoms with Gasteiger partial charge in [-0.15, -0.1) is 0 Å². The second-order valence-electron chi connectivity index (χ2n) is 14.8. The summed E-state index contributed by atoms with van der Waals surface area (Å²) in [4.78, 5) is 12.4. The fourth-order valence-corrected chi connectivity index (χ4v) is 6.66. The van der Waals surface area contributed by atoms with Crippen LogP contribution in [0.15, 0.2) is 12.2 Å². The zero-order valence-corrected chi connectivity index (χ0v) is 32.2. The fraction of sp³-hybridized carbons (Fsp3) is 0.927. The zero-order chi connectivity index (χ0) is 36.7. The zero-order valence-electron chi connectivity index (χ0n) is 32.2. The minimum atomic E-state index is -1.56. The number of aliphatic hydroxyl groups excluding tert-OH is 5. The normalized spacial score (nSPS) is 22.3. The van der Waals surface area contributed by atoms with Crippen LogP contribution in [-0.2, 0) is 14.3 Å². The summed E-state index contributed by atoms with van der Waals surface area (Å²) in [5.74, 6) is -0.212. The topological polar surface area (TPSA) is 149 Å². The van der Waals surface area contributed by atoms with E-state index in [-0.39, 0.29) is 12.5 Å². The van der Waals surface area contributed by atoms with E-state index in [0.717, 1.165) is 32.1 Å². The number of carbonyl (C=O) groups is 1. The van der Waals surface area contributed by atoms with E-state index in [4.69, 9.17) is 9.47 Å². The van der Waals surface area contributed by atoms with Gasteiger partial charge < -0.3 is 40.3 Å². The van der Waals surface area contributed by atoms with Gasteiger partial charge in [0.2, 0.25) is 5.91 Å². The van der Waals surface area contributed by atoms with Gasteiger partial charge >= 0.3 is 0 Å². The van der Waals surface area contributed by atoms with Gasteiger partial charge in [-0.25, -0.2) is 0 Å². The van der Waals surface area contributed by atoms with Crippen LogP contribution >= 0.6 is 0 Å². The van der Waals surface area contributed by atoms with Crippen molar-refractivity contribution in [2.75, 3.05) is 13.2 Å². The Balaban J connectivity index is 2.10. The van der Waals surface area contributed by atoms with Gasteiger partial charge in [0.1, 0.15) is 24.4 Å². The third-order valence-electron chi connectivity index (χ3n) is 10.1. The highest BCUT2D eigenvalue weighted by Gasteiger charge is 2.44. The molecule has 0 aliphatic carbocycles. The van der Waals surface area contributed by atoms with Crippen molar-refractivity contribution in [2.45, 2.75) is 230 Å². The summed E-state index contributed by atoms with van der Waals surface area (Å²) < 4.78 is 11.0. The molecule has 6 N–H and O–H groups in total. The third-order valence-corrected chi connectivity index (χ3v) is 10.1. The first-order chi connectivity index (χ1) is 24.3. The standard InChI is InChI=1S/C41H79NO8/c1-3-5-7-8-9-10-11-12-13-14-15-16-17-18-19-20-21-22-23-24-25-26-27-28-29-30-35(44)34(42-37(45)31-6-4-2)33-49-41-40(48)39(47)38(46)36(32-43)50-41/h29-30,34-36,38-41,43-44,46-48H,3-28,31-33H2,1-2H3,(H,42,45)/b30-29+. The minimum absolute atomic E-state index is 0.189. The Morgan fingerprint density at radius 1 is 0.660 bits per heavy atom. The lowest BCUT2D eigenvalue weighted by molar-refractivity contribution is -0.302. The van der Waals surface area contributed by atoms with Gasteiger partial charge in [-0.05, 0) is 19.3 Å². The molecule has 7 atom stereocenters. The Morgan fingerprint density at radius 3 is 1.54 bits per heavy atom. The Bertz CT molecular complexity index is 797. The highest BCUT2D eigenvalue weighted by Crippen LogP contribution is 2.22. The Kier molecular flexibility index (Phi) is 30.6. The van der Waals surface area contributed by atoms with E-state index in [2.05, 4.69) is 12.2 Å². The third kappa shape index (κ3) is 23.5. The fourth-order valence-electron chi connectivity index (χ4n) is 6.66. The maximum absolute atomic E-state index is 12.4. The molecular formula is C41H79NO8. The van der Waals surface area contributed by atoms with E-state index in [1.165, 1.54) is 135 Å². The van der Waals surface area contributed by atoms with Crippen molar-refractivity contribution in [2.24, 2.45) is 0 Å². The summed E-state index contributed by atoms with van der Waals surface area (Å²) >= 11 is 0. The second-order valence-corrected chi connectivity index (χ2v) is 14.8. The quantitative estimate of drug-likeness (QED) is 0.0293. The SMILES string of the molecule is CCCCCCCCCCCCCCCCCCCCCCCCC/C=C/C(O)C(COC1OC(CO)C(O)C(O)C1O)NC(=O)CCCC. The largest absolute Gasteiger partial charge is 0.394 e. The van der Waals surface area contributed by atoms with E-state index in [0.29, 0.717) is 6.42 Å². The minimum Gasteiger partial charge on any atom is -0.394 e. The van der Waals surface area contributed by atoms with Crippen LogP contribution in [0.5, 0.6) is 0 Å². The molecule has 9 heteroatoms. The van der Waals surface area contributed by atoms with E-state index in [9.17, 15) is 30.3 Å². The molecule has 9 nitrogen and oxygen atoms in total. The van der Waals surface area contributed by atoms with Gasteiger partial charge in [-0.3, -0.25) is 4.79 Å². The maximum Gasteiger partial charge on any atom is 0.220 e. The number of aliphatic hydroxyl groups is 5. The predicted molar refractivity (Wildman–Crippen MR) is 203 cm³/mol. The molecule has 0 saturated carbocycles. The molecule has 296 valence electrons. The lowest BCUT2D eigenvalue weighted by Gasteiger charge is -2.40. The van der Waals surface area contributed by atoms with Crippen molar-refractivity contribution in [1.82, 2.24) is 5.32 Å². The van der Waals surface area contributed by atoms with Crippen molar-refractivity contribution < 1.29 is 39.8 Å². The van der Waals surface area contributed by atoms with E-state index in [1.807, 2.05) is 13.0 Å². The molecule has 0 aromatic heterocycles. The number of hydrogen-bond donors (Lipinski definition) is 6. The molecule has 1 amide bonds. The number of ether oxygens (including phenoxy) is 2. The molecule has 1 aliphatic rings. The lowest BCUT2D eigenvalue weighted by atomic mass is 9.99. The van der Waals surface area contributed by atoms with Crippen LogP contribution in [0.4, 0.5) is 0 Å². The molecule has 1 fully saturated rings. The highest BCUT2D eigenvalue weighted by molar-refractivity contribution is 5.76. The number of unbranched alkanes of at least 4 members (excludes halogenated alkanes) is 24. The summed E-state index contributed by atoms with van der Waals surface area (Å²) in [6.07, 6.45) is 29.7. The molecule has 1 heterocycles. The molecule has 0 bridgehead atoms. The van der Waals surface area contributed by atoms with Gasteiger partial charge in [-0.2, -0.15) is 0 Å². The van der Waals surface area contributed by atoms with Crippen LogP contribution in [0.2, 0.25) is 0 Å². The van der Waals surface area contributed by atoms with Crippen molar-refractivity contribution in [3.63, 3.8) is 0 Å². The number of carbonyl (C=O) groups excluding carboxylic acids is 1. The molecular weight excluding hydrogens is 634 g/mol. The number of rotatable bonds is 34. The van der Waals surface area contributed by atoms with E-state index >= 15 is 0 Å². The first-order valence-corrected chi connectivity index (χ1v) is 20.9. The van der Waals surface area contributed by atoms with Crippen molar-refractivity contribution in [3.05, 3.63) is 12.2 Å². The summed E-state index contributed by atoms with van der Waals surface area (Å²) in [6, 6.07) is -0.794. The van der Waals surface area contributed by atoms with E-state index < -0.39 is 49.5 Å². The molecule has 7 unspecified atom stereocenters. The van der Waals surface area contributed by atoms with Gasteiger partial charge in [0, 0.05) is 6.42 Å². The van der Waals surface area contributed by atoms with Crippen LogP contribution in [0.25, 0.3) is 0 Å². The molecule has 1 aliphatic heterocycles. The second kappa shape index (κ2) is 32.6. The van der Waals surface area contributed by atoms with Gasteiger partial charge in [0.25, 0.3) is 0 Å². The predicted octanol–water partition coefficient (Wildman–Crippen LogP) is 7.78. The average Bonchev–Trinajstić information content (AvgIpc) is 3.12. The maximum atomic E-state index is 12.4. The molecule has 0 aromatic rings. The van der Waals surface area contributed by atoms with Gasteiger partial charge in [0.15, 0.2) is 6.29 Å². The smallest absolute Gasteiger partial charge is 0.220 e. The van der Waals surface area contributed by atoms with Crippen LogP contribution in [0.1, 0.15) is 187 Å². The molecule has 0 aromatic carbocycles. The molecule has 0 spiro atoms. The number of allylic oxidation sites excluding steroid dienone is 1. The summed E-state index contributed by atoms with van der Waals surface area (Å²) in [5.41, 5.74) is 0. The first kappa shape index (κ1) is 47.0. The molecule has 1 rings (SSSR count). The Labute approximate surface area is 306 Å². The summed E-state index contributed by atoms with van der Waals surface area (Å²) in [6.45, 7) is 3.53. The van der Waals surface area contributed by atoms with Crippen molar-refractivity contribution in [3.8, 4) is 0 Å². The van der Waals surface area contributed by atoms with Crippen LogP contribution in [-0.4, -0.2) is 87.5 Å². The van der Waals surface area contributed by atoms with E-state index in [1.54, 1.807) is 6.08 Å². The number of amides is 1. The lowest BCUT2D eigenvalue weighted by Crippen LogP contribution is -2.60. The molecule has 50 heavy (non-hydrogen) atoms. The van der Waals surface area contributed by atoms with Crippen molar-refractivity contribution >= 4 is 5.91 Å². The monoisotopic (exact) mass is 714 g/mol. The number of nitrogens with one attached hydrogen (secondary N) is 1. The van der Waals surface area contributed by atoms with Crippen LogP contribution in [0, 0.1) is 0 Å². The van der Waals surface area contributed by atoms with Crippen molar-refractivity contribution in [1.29, 1.82) is 0 Å². The van der Waals surface area contributed by atoms with Gasteiger partial charge in [-0.1, -0.05) is 174 Å². The first-order valence-electron chi connectivity index (χ1n) is 20.9. The molecule has 0 radical (unpaired) electrons. The van der Waals surface area contributed by atoms with Crippen LogP contribution < -0.4 is 5.32 Å². The average molecular weight is 714 g/mol. The summed E-state index contributed by atoms with van der Waals surface area (Å²) in [5, 5.41) is 53.4. The molecule has 1 saturated heterocycles. The van der Waals surface area contributed by atoms with Crippen LogP contribution in [0.3, 0.4) is 0 Å². The summed E-state index contributed by atoms with van der Waals surface area (Å²) in [7, 11) is 0. The Morgan fingerprint density at radius 2 is 1.10 bits per heavy atom.